The lowest BCUT2D eigenvalue weighted by atomic mass is 10.1. The second-order valence-corrected chi connectivity index (χ2v) is 6.12. The Morgan fingerprint density at radius 1 is 1.41 bits per heavy atom. The first-order valence-corrected chi connectivity index (χ1v) is 7.63. The maximum Gasteiger partial charge on any atom is 0.191 e. The molecule has 120 valence electrons. The molecule has 0 bridgehead atoms. The molecular weight excluding hydrogens is 387 g/mol. The van der Waals surface area contributed by atoms with Gasteiger partial charge < -0.3 is 15.2 Å². The summed E-state index contributed by atoms with van der Waals surface area (Å²) in [6.07, 6.45) is 5.63. The van der Waals surface area contributed by atoms with Crippen molar-refractivity contribution in [2.75, 3.05) is 13.6 Å². The SMILES string of the molecule is Cc1ccc2c(CCN=C(N)N(C)C3CC3)cn(C)c2c1.I. The molecule has 0 spiro atoms. The lowest BCUT2D eigenvalue weighted by molar-refractivity contribution is 0.487. The van der Waals surface area contributed by atoms with Crippen molar-refractivity contribution in [3.63, 3.8) is 0 Å². The monoisotopic (exact) mass is 412 g/mol. The summed E-state index contributed by atoms with van der Waals surface area (Å²) < 4.78 is 2.20. The zero-order valence-electron chi connectivity index (χ0n) is 13.5. The lowest BCUT2D eigenvalue weighted by Gasteiger charge is -2.16. The largest absolute Gasteiger partial charge is 0.370 e. The number of hydrogen-bond donors (Lipinski definition) is 1. The van der Waals surface area contributed by atoms with E-state index in [-0.39, 0.29) is 24.0 Å². The summed E-state index contributed by atoms with van der Waals surface area (Å²) in [6, 6.07) is 7.24. The van der Waals surface area contributed by atoms with Gasteiger partial charge in [0.1, 0.15) is 0 Å². The van der Waals surface area contributed by atoms with E-state index in [9.17, 15) is 0 Å². The Balaban J connectivity index is 0.00000176. The topological polar surface area (TPSA) is 46.5 Å². The normalized spacial score (nSPS) is 15.0. The first-order chi connectivity index (χ1) is 10.1. The van der Waals surface area contributed by atoms with Crippen molar-refractivity contribution in [2.45, 2.75) is 32.2 Å². The van der Waals surface area contributed by atoms with Gasteiger partial charge in [-0.3, -0.25) is 4.99 Å². The highest BCUT2D eigenvalue weighted by Crippen LogP contribution is 2.25. The third kappa shape index (κ3) is 3.56. The average Bonchev–Trinajstić information content (AvgIpc) is 3.25. The van der Waals surface area contributed by atoms with Crippen LogP contribution in [0.2, 0.25) is 0 Å². The Morgan fingerprint density at radius 3 is 2.82 bits per heavy atom. The highest BCUT2D eigenvalue weighted by Gasteiger charge is 2.27. The van der Waals surface area contributed by atoms with E-state index >= 15 is 0 Å². The number of guanidine groups is 1. The van der Waals surface area contributed by atoms with Crippen LogP contribution in [0.5, 0.6) is 0 Å². The van der Waals surface area contributed by atoms with E-state index in [1.807, 2.05) is 7.05 Å². The predicted octanol–water partition coefficient (Wildman–Crippen LogP) is 3.06. The van der Waals surface area contributed by atoms with E-state index in [1.165, 1.54) is 34.9 Å². The van der Waals surface area contributed by atoms with Gasteiger partial charge in [0.25, 0.3) is 0 Å². The molecule has 1 aromatic heterocycles. The minimum Gasteiger partial charge on any atom is -0.370 e. The van der Waals surface area contributed by atoms with Crippen LogP contribution in [0.1, 0.15) is 24.0 Å². The Kier molecular flexibility index (Phi) is 5.36. The van der Waals surface area contributed by atoms with Gasteiger partial charge in [-0.25, -0.2) is 0 Å². The number of hydrogen-bond acceptors (Lipinski definition) is 1. The molecule has 0 saturated heterocycles. The van der Waals surface area contributed by atoms with Crippen molar-refractivity contribution in [1.29, 1.82) is 0 Å². The van der Waals surface area contributed by atoms with Crippen LogP contribution in [-0.4, -0.2) is 35.1 Å². The van der Waals surface area contributed by atoms with Gasteiger partial charge in [-0.1, -0.05) is 12.1 Å². The van der Waals surface area contributed by atoms with Gasteiger partial charge in [0.05, 0.1) is 0 Å². The molecule has 22 heavy (non-hydrogen) atoms. The molecule has 3 rings (SSSR count). The van der Waals surface area contributed by atoms with Crippen LogP contribution in [0.15, 0.2) is 29.4 Å². The minimum atomic E-state index is 0. The maximum atomic E-state index is 6.03. The summed E-state index contributed by atoms with van der Waals surface area (Å²) in [4.78, 5) is 6.63. The van der Waals surface area contributed by atoms with E-state index in [0.29, 0.717) is 12.0 Å². The Bertz CT molecular complexity index is 685. The molecule has 2 aromatic rings. The number of aryl methyl sites for hydroxylation is 2. The summed E-state index contributed by atoms with van der Waals surface area (Å²) in [5, 5.41) is 1.33. The number of halogens is 1. The minimum absolute atomic E-state index is 0. The van der Waals surface area contributed by atoms with Gasteiger partial charge in [-0.15, -0.1) is 24.0 Å². The molecule has 0 atom stereocenters. The van der Waals surface area contributed by atoms with Gasteiger partial charge >= 0.3 is 0 Å². The molecule has 1 heterocycles. The highest BCUT2D eigenvalue weighted by atomic mass is 127. The lowest BCUT2D eigenvalue weighted by Crippen LogP contribution is -2.35. The highest BCUT2D eigenvalue weighted by molar-refractivity contribution is 14.0. The Hall–Kier alpha value is -1.24. The maximum absolute atomic E-state index is 6.03. The Labute approximate surface area is 149 Å². The fourth-order valence-electron chi connectivity index (χ4n) is 2.83. The molecule has 5 heteroatoms. The standard InChI is InChI=1S/C17H24N4.HI/c1-12-4-7-15-13(11-20(2)16(15)10-12)8-9-19-17(18)21(3)14-5-6-14;/h4,7,10-11,14H,5-6,8-9H2,1-3H3,(H2,18,19);1H. The number of benzene rings is 1. The number of aromatic nitrogens is 1. The fourth-order valence-corrected chi connectivity index (χ4v) is 2.83. The van der Waals surface area contributed by atoms with E-state index < -0.39 is 0 Å². The molecular formula is C17H25IN4. The summed E-state index contributed by atoms with van der Waals surface area (Å²) in [5.41, 5.74) is 9.96. The molecule has 0 radical (unpaired) electrons. The Morgan fingerprint density at radius 2 is 2.14 bits per heavy atom. The number of fused-ring (bicyclic) bond motifs is 1. The summed E-state index contributed by atoms with van der Waals surface area (Å²) in [6.45, 7) is 2.88. The van der Waals surface area contributed by atoms with Crippen molar-refractivity contribution in [3.05, 3.63) is 35.5 Å². The summed E-state index contributed by atoms with van der Waals surface area (Å²) in [7, 11) is 4.14. The van der Waals surface area contributed by atoms with E-state index in [2.05, 4.69) is 52.8 Å². The van der Waals surface area contributed by atoms with Crippen LogP contribution < -0.4 is 5.73 Å². The summed E-state index contributed by atoms with van der Waals surface area (Å²) in [5.74, 6) is 0.675. The van der Waals surface area contributed by atoms with Crippen molar-refractivity contribution in [1.82, 2.24) is 9.47 Å². The van der Waals surface area contributed by atoms with Gasteiger partial charge in [0, 0.05) is 43.8 Å². The van der Waals surface area contributed by atoms with Crippen LogP contribution in [-0.2, 0) is 13.5 Å². The van der Waals surface area contributed by atoms with Gasteiger partial charge in [-0.05, 0) is 43.4 Å². The molecule has 2 N–H and O–H groups in total. The van der Waals surface area contributed by atoms with Crippen LogP contribution in [0, 0.1) is 6.92 Å². The molecule has 0 amide bonds. The molecule has 0 unspecified atom stereocenters. The zero-order valence-corrected chi connectivity index (χ0v) is 15.9. The zero-order chi connectivity index (χ0) is 15.0. The molecule has 1 saturated carbocycles. The molecule has 0 aliphatic heterocycles. The second kappa shape index (κ2) is 6.89. The molecule has 1 aliphatic rings. The quantitative estimate of drug-likeness (QED) is 0.477. The van der Waals surface area contributed by atoms with E-state index in [1.54, 1.807) is 0 Å². The smallest absolute Gasteiger partial charge is 0.191 e. The van der Waals surface area contributed by atoms with Crippen molar-refractivity contribution in [2.24, 2.45) is 17.8 Å². The van der Waals surface area contributed by atoms with Crippen molar-refractivity contribution >= 4 is 40.8 Å². The van der Waals surface area contributed by atoms with Crippen LogP contribution in [0.25, 0.3) is 10.9 Å². The second-order valence-electron chi connectivity index (χ2n) is 6.12. The summed E-state index contributed by atoms with van der Waals surface area (Å²) >= 11 is 0. The van der Waals surface area contributed by atoms with Crippen molar-refractivity contribution in [3.8, 4) is 0 Å². The molecule has 1 aromatic carbocycles. The third-order valence-corrected chi connectivity index (χ3v) is 4.34. The molecule has 1 fully saturated rings. The van der Waals surface area contributed by atoms with Crippen LogP contribution in [0.4, 0.5) is 0 Å². The molecule has 1 aliphatic carbocycles. The van der Waals surface area contributed by atoms with Crippen LogP contribution >= 0.6 is 24.0 Å². The first-order valence-electron chi connectivity index (χ1n) is 7.63. The van der Waals surface area contributed by atoms with Crippen LogP contribution in [0.3, 0.4) is 0 Å². The number of nitrogens with two attached hydrogens (primary N) is 1. The average molecular weight is 412 g/mol. The third-order valence-electron chi connectivity index (χ3n) is 4.34. The van der Waals surface area contributed by atoms with Gasteiger partial charge in [0.15, 0.2) is 5.96 Å². The number of nitrogens with zero attached hydrogens (tertiary/aromatic N) is 3. The predicted molar refractivity (Wildman–Crippen MR) is 104 cm³/mol. The molecule has 4 nitrogen and oxygen atoms in total. The first kappa shape index (κ1) is 17.1. The number of aliphatic imine (C=N–C) groups is 1. The number of rotatable bonds is 4. The van der Waals surface area contributed by atoms with E-state index in [0.717, 1.165) is 13.0 Å². The van der Waals surface area contributed by atoms with E-state index in [4.69, 9.17) is 5.73 Å². The fraction of sp³-hybridized carbons (Fsp3) is 0.471. The van der Waals surface area contributed by atoms with Crippen molar-refractivity contribution < 1.29 is 0 Å². The van der Waals surface area contributed by atoms with Gasteiger partial charge in [-0.2, -0.15) is 0 Å². The van der Waals surface area contributed by atoms with Gasteiger partial charge in [0.2, 0.25) is 0 Å².